The van der Waals surface area contributed by atoms with Crippen LogP contribution in [0.3, 0.4) is 0 Å². The zero-order chi connectivity index (χ0) is 56.1. The van der Waals surface area contributed by atoms with Crippen LogP contribution in [-0.4, -0.2) is 106 Å². The van der Waals surface area contributed by atoms with Crippen LogP contribution in [0, 0.1) is 0 Å². The van der Waals surface area contributed by atoms with Gasteiger partial charge in [-0.05, 0) is 72.3 Å². The molecule has 0 bridgehead atoms. The second-order valence-electron chi connectivity index (χ2n) is 22.8. The molecule has 0 radical (unpaired) electrons. The largest absolute Gasteiger partial charge is 0.408 e. The zero-order valence-corrected chi connectivity index (χ0v) is 48.6. The predicted molar refractivity (Wildman–Crippen MR) is 307 cm³/mol. The second kappa shape index (κ2) is 28.3. The molecule has 3 saturated heterocycles. The predicted octanol–water partition coefficient (Wildman–Crippen LogP) is 11.9. The number of rotatable bonds is 24. The minimum absolute atomic E-state index is 0.158. The smallest absolute Gasteiger partial charge is 0.192 e. The number of hydrogen-bond acceptors (Lipinski definition) is 13. The van der Waals surface area contributed by atoms with E-state index in [1.807, 2.05) is 191 Å². The fourth-order valence-corrected chi connectivity index (χ4v) is 11.5. The molecule has 6 aromatic rings. The van der Waals surface area contributed by atoms with E-state index in [1.165, 1.54) is 0 Å². The van der Waals surface area contributed by atoms with Crippen LogP contribution in [0.1, 0.15) is 74.9 Å². The molecular weight excluding hydrogens is 1030 g/mol. The summed E-state index contributed by atoms with van der Waals surface area (Å²) in [4.78, 5) is 0. The normalized spacial score (nSPS) is 29.3. The van der Waals surface area contributed by atoms with Gasteiger partial charge in [-0.15, -0.1) is 0 Å². The minimum Gasteiger partial charge on any atom is -0.408 e. The molecule has 428 valence electrons. The summed E-state index contributed by atoms with van der Waals surface area (Å²) >= 11 is 0. The fraction of sp³-hybridized carbons (Fsp3) is 0.455. The summed E-state index contributed by atoms with van der Waals surface area (Å²) in [5.74, 6) is 0. The van der Waals surface area contributed by atoms with Crippen molar-refractivity contribution in [1.29, 1.82) is 0 Å². The molecule has 9 rings (SSSR count). The average molecular weight is 1110 g/mol. The summed E-state index contributed by atoms with van der Waals surface area (Å²) in [5.41, 5.74) is 5.75. The topological polar surface area (TPSA) is 131 Å². The molecular formula is C66H82O13Si. The summed E-state index contributed by atoms with van der Waals surface area (Å²) in [6.07, 6.45) is -12.9. The van der Waals surface area contributed by atoms with Gasteiger partial charge in [0.1, 0.15) is 54.9 Å². The molecule has 13 nitrogen and oxygen atoms in total. The number of aliphatic hydroxyl groups excluding tert-OH is 1. The summed E-state index contributed by atoms with van der Waals surface area (Å²) in [7, 11) is -2.58. The highest BCUT2D eigenvalue weighted by atomic mass is 28.4. The van der Waals surface area contributed by atoms with Gasteiger partial charge in [0.2, 0.25) is 0 Å². The number of benzene rings is 6. The highest BCUT2D eigenvalue weighted by molar-refractivity contribution is 6.74. The first-order valence-electron chi connectivity index (χ1n) is 28.3. The second-order valence-corrected chi connectivity index (χ2v) is 27.5. The lowest BCUT2D eigenvalue weighted by Gasteiger charge is -2.52. The van der Waals surface area contributed by atoms with Gasteiger partial charge in [0.25, 0.3) is 0 Å². The molecule has 6 aromatic carbocycles. The van der Waals surface area contributed by atoms with Gasteiger partial charge in [-0.3, -0.25) is 0 Å². The lowest BCUT2D eigenvalue weighted by Crippen LogP contribution is -2.67. The van der Waals surface area contributed by atoms with Crippen molar-refractivity contribution >= 4 is 8.32 Å². The van der Waals surface area contributed by atoms with Gasteiger partial charge in [0.15, 0.2) is 27.2 Å². The number of aliphatic hydroxyl groups is 1. The first-order chi connectivity index (χ1) is 38.7. The molecule has 3 fully saturated rings. The van der Waals surface area contributed by atoms with Crippen LogP contribution in [0.4, 0.5) is 0 Å². The Kier molecular flexibility index (Phi) is 21.1. The molecule has 1 N–H and O–H groups in total. The van der Waals surface area contributed by atoms with Crippen molar-refractivity contribution in [3.05, 3.63) is 215 Å². The van der Waals surface area contributed by atoms with E-state index in [2.05, 4.69) is 46.0 Å². The highest BCUT2D eigenvalue weighted by Crippen LogP contribution is 2.43. The minimum atomic E-state index is -2.58. The molecule has 0 unspecified atom stereocenters. The Morgan fingerprint density at radius 3 is 0.912 bits per heavy atom. The van der Waals surface area contributed by atoms with E-state index < -0.39 is 100 Å². The van der Waals surface area contributed by atoms with Crippen LogP contribution >= 0.6 is 0 Å². The summed E-state index contributed by atoms with van der Waals surface area (Å²) in [6, 6.07) is 59.9. The van der Waals surface area contributed by atoms with Gasteiger partial charge in [-0.2, -0.15) is 0 Å². The van der Waals surface area contributed by atoms with Crippen molar-refractivity contribution < 1.29 is 61.6 Å². The van der Waals surface area contributed by atoms with Gasteiger partial charge >= 0.3 is 0 Å². The molecule has 0 aromatic heterocycles. The third kappa shape index (κ3) is 15.8. The van der Waals surface area contributed by atoms with Crippen molar-refractivity contribution in [1.82, 2.24) is 0 Å². The lowest BCUT2D eigenvalue weighted by molar-refractivity contribution is -0.388. The quantitative estimate of drug-likeness (QED) is 0.0578. The van der Waals surface area contributed by atoms with Crippen molar-refractivity contribution in [3.63, 3.8) is 0 Å². The van der Waals surface area contributed by atoms with Gasteiger partial charge in [0, 0.05) is 0 Å². The van der Waals surface area contributed by atoms with Gasteiger partial charge < -0.3 is 61.6 Å². The summed E-state index contributed by atoms with van der Waals surface area (Å²) in [6.45, 7) is 18.4. The lowest BCUT2D eigenvalue weighted by atomic mass is 9.95. The Morgan fingerprint density at radius 1 is 0.350 bits per heavy atom. The van der Waals surface area contributed by atoms with E-state index >= 15 is 0 Å². The molecule has 0 aliphatic carbocycles. The van der Waals surface area contributed by atoms with E-state index in [9.17, 15) is 5.11 Å². The Balaban J connectivity index is 1.13. The first-order valence-corrected chi connectivity index (χ1v) is 31.2. The average Bonchev–Trinajstić information content (AvgIpc) is 3.50. The van der Waals surface area contributed by atoms with Gasteiger partial charge in [-0.25, -0.2) is 0 Å². The molecule has 15 atom stereocenters. The van der Waals surface area contributed by atoms with E-state index in [0.29, 0.717) is 6.61 Å². The maximum Gasteiger partial charge on any atom is 0.192 e. The molecule has 3 heterocycles. The maximum absolute atomic E-state index is 11.9. The number of ether oxygens (including phenoxy) is 11. The Bertz CT molecular complexity index is 2650. The Hall–Kier alpha value is -4.98. The molecule has 0 spiro atoms. The van der Waals surface area contributed by atoms with Crippen molar-refractivity contribution in [3.8, 4) is 0 Å². The van der Waals surface area contributed by atoms with E-state index in [4.69, 9.17) is 56.5 Å². The van der Waals surface area contributed by atoms with Crippen molar-refractivity contribution in [2.24, 2.45) is 0 Å². The SMILES string of the molecule is C[C@@H]1O[C@H](O)[C@@H](OCc2ccccc2)[C@H](O[C@@H]2O[C@@H](C)[C@@H](OCc3ccccc3)[C@@H](O[C@@H]3O[C@@H](C)[C@@H](OCc4ccccc4)[C@@H](O[Si](C)(C)C(C)(C)C)[C@@H]3OCc3ccccc3)[C@@H]2OCc2ccccc2)[C@@H]1OCc1ccccc1. The standard InChI is InChI=1S/C66H82O13Si/c1-45-54(68-39-48-27-15-9-16-28-48)57(60(63(67)74-45)71-42-51-33-21-12-22-34-51)77-64-61(72-43-52-35-23-13-24-36-52)58(55(46(2)75-64)69-40-49-29-17-10-18-30-49)78-65-62(73-44-53-37-25-14-26-38-53)59(79-80(7,8)66(4,5)6)56(47(3)76-65)70-41-50-31-19-11-20-32-50/h9-38,45-47,54-65,67H,39-44H2,1-8H3/t45-,46-,47-,54+,55+,56+,57+,58+,59+,60-,61-,62-,63-,64-,65-/m0/s1. The third-order valence-corrected chi connectivity index (χ3v) is 20.2. The van der Waals surface area contributed by atoms with Crippen LogP contribution in [-0.2, 0) is 96.2 Å². The molecule has 0 saturated carbocycles. The maximum atomic E-state index is 11.9. The summed E-state index contributed by atoms with van der Waals surface area (Å²) < 4.78 is 84.7. The molecule has 3 aliphatic heterocycles. The van der Waals surface area contributed by atoms with E-state index in [0.717, 1.165) is 33.4 Å². The van der Waals surface area contributed by atoms with Crippen molar-refractivity contribution in [2.45, 2.75) is 191 Å². The van der Waals surface area contributed by atoms with E-state index in [1.54, 1.807) is 0 Å². The molecule has 0 amide bonds. The first kappa shape index (κ1) is 59.6. The number of hydrogen-bond donors (Lipinski definition) is 1. The van der Waals surface area contributed by atoms with Crippen LogP contribution in [0.2, 0.25) is 18.1 Å². The highest BCUT2D eigenvalue weighted by Gasteiger charge is 2.57. The molecule has 14 heteroatoms. The fourth-order valence-electron chi connectivity index (χ4n) is 10.2. The Morgan fingerprint density at radius 2 is 0.600 bits per heavy atom. The van der Waals surface area contributed by atoms with E-state index in [-0.39, 0.29) is 38.1 Å². The van der Waals surface area contributed by atoms with Crippen LogP contribution in [0.5, 0.6) is 0 Å². The van der Waals surface area contributed by atoms with Crippen LogP contribution < -0.4 is 0 Å². The molecule has 80 heavy (non-hydrogen) atoms. The zero-order valence-electron chi connectivity index (χ0n) is 47.6. The van der Waals surface area contributed by atoms with Crippen LogP contribution in [0.25, 0.3) is 0 Å². The van der Waals surface area contributed by atoms with Gasteiger partial charge in [-0.1, -0.05) is 203 Å². The monoisotopic (exact) mass is 1110 g/mol. The molecule has 3 aliphatic rings. The Labute approximate surface area is 474 Å². The third-order valence-electron chi connectivity index (χ3n) is 15.7. The van der Waals surface area contributed by atoms with Gasteiger partial charge in [0.05, 0.1) is 58.0 Å². The van der Waals surface area contributed by atoms with Crippen LogP contribution in [0.15, 0.2) is 182 Å². The summed E-state index contributed by atoms with van der Waals surface area (Å²) in [5, 5.41) is 11.7. The van der Waals surface area contributed by atoms with Crippen molar-refractivity contribution in [2.75, 3.05) is 0 Å².